The number of alkyl halides is 1. The lowest BCUT2D eigenvalue weighted by Crippen LogP contribution is -2.15. The lowest BCUT2D eigenvalue weighted by atomic mass is 10.2. The number of hydrogen-bond donors (Lipinski definition) is 2. The van der Waals surface area contributed by atoms with Gasteiger partial charge < -0.3 is 19.7 Å². The molecule has 0 saturated carbocycles. The molecule has 0 radical (unpaired) electrons. The lowest BCUT2D eigenvalue weighted by Gasteiger charge is -2.05. The van der Waals surface area contributed by atoms with Crippen molar-refractivity contribution >= 4 is 51.3 Å². The normalized spacial score (nSPS) is 13.5. The van der Waals surface area contributed by atoms with Gasteiger partial charge in [-0.3, -0.25) is 9.00 Å². The number of phenols is 2. The van der Waals surface area contributed by atoms with E-state index < -0.39 is 14.1 Å². The molecule has 0 saturated heterocycles. The maximum absolute atomic E-state index is 12.3. The van der Waals surface area contributed by atoms with Crippen molar-refractivity contribution in [2.75, 3.05) is 14.2 Å². The molecule has 2 aromatic carbocycles. The number of hydrogen-bond acceptors (Lipinski definition) is 6. The number of benzene rings is 2. The van der Waals surface area contributed by atoms with Crippen LogP contribution >= 0.6 is 22.6 Å². The van der Waals surface area contributed by atoms with E-state index >= 15 is 0 Å². The number of ether oxygens (including phenoxy) is 2. The zero-order valence-electron chi connectivity index (χ0n) is 15.2. The Hall–Kier alpha value is -2.33. The van der Waals surface area contributed by atoms with Gasteiger partial charge in [-0.15, -0.1) is 0 Å². The monoisotopic (exact) mass is 514 g/mol. The van der Waals surface area contributed by atoms with Crippen molar-refractivity contribution in [3.8, 4) is 23.0 Å². The van der Waals surface area contributed by atoms with Crippen LogP contribution < -0.4 is 9.47 Å². The summed E-state index contributed by atoms with van der Waals surface area (Å²) in [6.07, 6.45) is 4.43. The molecule has 0 aliphatic heterocycles. The van der Waals surface area contributed by atoms with E-state index in [1.165, 1.54) is 43.9 Å². The van der Waals surface area contributed by atoms with Crippen LogP contribution in [0.4, 0.5) is 0 Å². The third-order valence-electron chi connectivity index (χ3n) is 3.67. The van der Waals surface area contributed by atoms with Crippen LogP contribution in [-0.4, -0.2) is 37.7 Å². The number of methoxy groups -OCH3 is 2. The van der Waals surface area contributed by atoms with Crippen LogP contribution in [0.1, 0.15) is 11.1 Å². The summed E-state index contributed by atoms with van der Waals surface area (Å²) in [5.74, 6) is 0.304. The van der Waals surface area contributed by atoms with E-state index in [0.29, 0.717) is 22.6 Å². The van der Waals surface area contributed by atoms with Gasteiger partial charge in [0.15, 0.2) is 32.0 Å². The first-order valence-electron chi connectivity index (χ1n) is 8.03. The van der Waals surface area contributed by atoms with Crippen LogP contribution in [0.5, 0.6) is 23.0 Å². The highest BCUT2D eigenvalue weighted by Crippen LogP contribution is 2.28. The number of carbonyl (C=O) groups excluding carboxylic acids is 1. The van der Waals surface area contributed by atoms with Crippen molar-refractivity contribution in [3.63, 3.8) is 0 Å². The Morgan fingerprint density at radius 3 is 1.96 bits per heavy atom. The molecule has 0 fully saturated rings. The Bertz CT molecular complexity index is 863. The highest BCUT2D eigenvalue weighted by molar-refractivity contribution is 14.1. The van der Waals surface area contributed by atoms with Gasteiger partial charge in [-0.05, 0) is 47.5 Å². The number of rotatable bonds is 8. The molecule has 6 nitrogen and oxygen atoms in total. The maximum Gasteiger partial charge on any atom is 0.181 e. The van der Waals surface area contributed by atoms with Gasteiger partial charge in [-0.25, -0.2) is 0 Å². The Labute approximate surface area is 179 Å². The molecule has 2 rings (SSSR count). The fraction of sp³-hybridized carbons (Fsp3) is 0.150. The summed E-state index contributed by atoms with van der Waals surface area (Å²) >= 11 is 1.82. The lowest BCUT2D eigenvalue weighted by molar-refractivity contribution is -0.112. The molecule has 2 atom stereocenters. The maximum atomic E-state index is 12.3. The molecule has 0 bridgehead atoms. The predicted octanol–water partition coefficient (Wildman–Crippen LogP) is 3.88. The smallest absolute Gasteiger partial charge is 0.181 e. The first-order chi connectivity index (χ1) is 13.3. The molecule has 2 unspecified atom stereocenters. The fourth-order valence-corrected chi connectivity index (χ4v) is 3.66. The minimum Gasteiger partial charge on any atom is -0.504 e. The summed E-state index contributed by atoms with van der Waals surface area (Å²) in [7, 11) is 1.35. The zero-order chi connectivity index (χ0) is 20.7. The minimum absolute atomic E-state index is 0.0248. The molecule has 28 heavy (non-hydrogen) atoms. The Morgan fingerprint density at radius 1 is 1.00 bits per heavy atom. The molecule has 2 N–H and O–H groups in total. The average molecular weight is 514 g/mol. The molecule has 0 aliphatic carbocycles. The van der Waals surface area contributed by atoms with Crippen molar-refractivity contribution in [1.82, 2.24) is 0 Å². The quantitative estimate of drug-likeness (QED) is 0.316. The van der Waals surface area contributed by atoms with E-state index in [1.807, 2.05) is 22.6 Å². The second kappa shape index (κ2) is 10.3. The molecule has 0 spiro atoms. The van der Waals surface area contributed by atoms with E-state index in [2.05, 4.69) is 0 Å². The average Bonchev–Trinajstić information content (AvgIpc) is 2.69. The third kappa shape index (κ3) is 5.83. The number of aromatic hydroxyl groups is 2. The number of halogens is 1. The SMILES string of the molecule is COc1ccc(C=CC(=O)C(I)S(=O)C=Cc2ccc(OC)c(O)c2)cc1O. The van der Waals surface area contributed by atoms with Crippen LogP contribution in [0.25, 0.3) is 12.2 Å². The predicted molar refractivity (Wildman–Crippen MR) is 118 cm³/mol. The van der Waals surface area contributed by atoms with Gasteiger partial charge in [0, 0.05) is 5.41 Å². The summed E-state index contributed by atoms with van der Waals surface area (Å²) < 4.78 is 21.5. The van der Waals surface area contributed by atoms with Crippen LogP contribution in [0.3, 0.4) is 0 Å². The molecule has 148 valence electrons. The minimum atomic E-state index is -1.55. The van der Waals surface area contributed by atoms with Crippen molar-refractivity contribution in [2.24, 2.45) is 0 Å². The number of ketones is 1. The van der Waals surface area contributed by atoms with Gasteiger partial charge in [0.1, 0.15) is 0 Å². The second-order valence-electron chi connectivity index (χ2n) is 5.55. The first-order valence-corrected chi connectivity index (χ1v) is 10.6. The van der Waals surface area contributed by atoms with Crippen molar-refractivity contribution in [3.05, 3.63) is 59.0 Å². The molecule has 2 aromatic rings. The molecular formula is C20H19IO6S. The molecule has 0 aliphatic rings. The Kier molecular flexibility index (Phi) is 8.06. The topological polar surface area (TPSA) is 93.1 Å². The summed E-state index contributed by atoms with van der Waals surface area (Å²) in [4.78, 5) is 12.2. The van der Waals surface area contributed by atoms with Crippen LogP contribution in [0.15, 0.2) is 47.9 Å². The number of allylic oxidation sites excluding steroid dienone is 1. The summed E-state index contributed by atoms with van der Waals surface area (Å²) in [6.45, 7) is 0. The van der Waals surface area contributed by atoms with Crippen molar-refractivity contribution in [2.45, 2.75) is 3.26 Å². The molecular weight excluding hydrogens is 495 g/mol. The van der Waals surface area contributed by atoms with E-state index in [0.717, 1.165) is 0 Å². The number of carbonyl (C=O) groups is 1. The first kappa shape index (κ1) is 22.0. The van der Waals surface area contributed by atoms with Crippen LogP contribution in [0.2, 0.25) is 0 Å². The van der Waals surface area contributed by atoms with Crippen LogP contribution in [0, 0.1) is 0 Å². The van der Waals surface area contributed by atoms with Crippen molar-refractivity contribution in [1.29, 1.82) is 0 Å². The standard InChI is InChI=1S/C20H19IO6S/c1-26-18-7-4-13(11-16(18)23)3-6-15(22)20(21)28(25)10-9-14-5-8-19(27-2)17(24)12-14/h3-12,20,23-24H,1-2H3. The van der Waals surface area contributed by atoms with Gasteiger partial charge in [0.25, 0.3) is 0 Å². The van der Waals surface area contributed by atoms with E-state index in [-0.39, 0.29) is 17.3 Å². The molecule has 0 amide bonds. The highest BCUT2D eigenvalue weighted by atomic mass is 127. The van der Waals surface area contributed by atoms with Gasteiger partial charge in [-0.1, -0.05) is 40.8 Å². The number of phenolic OH excluding ortho intramolecular Hbond substituents is 2. The molecule has 0 heterocycles. The van der Waals surface area contributed by atoms with Gasteiger partial charge in [0.05, 0.1) is 25.0 Å². The van der Waals surface area contributed by atoms with Gasteiger partial charge in [-0.2, -0.15) is 0 Å². The van der Waals surface area contributed by atoms with E-state index in [9.17, 15) is 19.2 Å². The largest absolute Gasteiger partial charge is 0.504 e. The fourth-order valence-electron chi connectivity index (χ4n) is 2.20. The third-order valence-corrected chi connectivity index (χ3v) is 6.83. The highest BCUT2D eigenvalue weighted by Gasteiger charge is 2.17. The summed E-state index contributed by atoms with van der Waals surface area (Å²) in [5.41, 5.74) is 1.25. The Morgan fingerprint density at radius 2 is 1.50 bits per heavy atom. The zero-order valence-corrected chi connectivity index (χ0v) is 18.1. The summed E-state index contributed by atoms with van der Waals surface area (Å²) in [6, 6.07) is 9.53. The molecule has 0 aromatic heterocycles. The van der Waals surface area contributed by atoms with Crippen molar-refractivity contribution < 1.29 is 28.7 Å². The Balaban J connectivity index is 2.02. The van der Waals surface area contributed by atoms with Crippen LogP contribution in [-0.2, 0) is 15.6 Å². The van der Waals surface area contributed by atoms with E-state index in [4.69, 9.17) is 9.47 Å². The second-order valence-corrected chi connectivity index (χ2v) is 9.04. The molecule has 8 heteroatoms. The summed E-state index contributed by atoms with van der Waals surface area (Å²) in [5, 5.41) is 20.9. The van der Waals surface area contributed by atoms with Gasteiger partial charge >= 0.3 is 0 Å². The van der Waals surface area contributed by atoms with E-state index in [1.54, 1.807) is 30.3 Å². The van der Waals surface area contributed by atoms with Gasteiger partial charge in [0.2, 0.25) is 0 Å².